The lowest BCUT2D eigenvalue weighted by Gasteiger charge is -2.28. The van der Waals surface area contributed by atoms with Gasteiger partial charge >= 0.3 is 0 Å². The van der Waals surface area contributed by atoms with E-state index >= 15 is 0 Å². The molecule has 0 atom stereocenters. The Hall–Kier alpha value is -2.64. The maximum Gasteiger partial charge on any atom is 0.247 e. The van der Waals surface area contributed by atoms with Crippen LogP contribution in [-0.4, -0.2) is 45.3 Å². The number of nitrogens with zero attached hydrogens (tertiary/aromatic N) is 4. The van der Waals surface area contributed by atoms with Gasteiger partial charge in [0.2, 0.25) is 11.8 Å². The summed E-state index contributed by atoms with van der Waals surface area (Å²) >= 11 is 5.95. The number of aryl methyl sites for hydroxylation is 1. The second-order valence-electron chi connectivity index (χ2n) is 7.34. The summed E-state index contributed by atoms with van der Waals surface area (Å²) in [6.07, 6.45) is 2.77. The molecule has 158 valence electrons. The van der Waals surface area contributed by atoms with E-state index in [9.17, 15) is 4.79 Å². The highest BCUT2D eigenvalue weighted by molar-refractivity contribution is 6.30. The van der Waals surface area contributed by atoms with Crippen LogP contribution in [0.3, 0.4) is 0 Å². The van der Waals surface area contributed by atoms with Gasteiger partial charge in [-0.15, -0.1) is 0 Å². The third kappa shape index (κ3) is 4.42. The number of oxazole rings is 1. The Labute approximate surface area is 180 Å². The molecule has 4 rings (SSSR count). The molecule has 1 aliphatic rings. The lowest BCUT2D eigenvalue weighted by Crippen LogP contribution is -2.37. The molecular formula is C22H25ClN4O3. The van der Waals surface area contributed by atoms with Gasteiger partial charge in [0.15, 0.2) is 5.69 Å². The van der Waals surface area contributed by atoms with Crippen molar-refractivity contribution in [3.8, 4) is 11.6 Å². The van der Waals surface area contributed by atoms with E-state index in [1.165, 1.54) is 0 Å². The molecule has 1 aromatic carbocycles. The van der Waals surface area contributed by atoms with Crippen LogP contribution in [0.5, 0.6) is 0 Å². The highest BCUT2D eigenvalue weighted by atomic mass is 35.5. The van der Waals surface area contributed by atoms with Crippen LogP contribution in [0.25, 0.3) is 11.6 Å². The Balaban J connectivity index is 1.57. The predicted octanol–water partition coefficient (Wildman–Crippen LogP) is 3.66. The zero-order chi connectivity index (χ0) is 21.1. The number of ether oxygens (including phenoxy) is 1. The number of amides is 1. The van der Waals surface area contributed by atoms with Gasteiger partial charge in [0, 0.05) is 42.4 Å². The SMILES string of the molecule is CCOCCn1nc(-c2ncc(C)o2)c2c1CCN(C(=O)Cc1ccc(Cl)cc1)C2. The van der Waals surface area contributed by atoms with Crippen molar-refractivity contribution in [1.29, 1.82) is 0 Å². The first-order valence-electron chi connectivity index (χ1n) is 10.2. The lowest BCUT2D eigenvalue weighted by atomic mass is 10.0. The minimum absolute atomic E-state index is 0.0829. The smallest absolute Gasteiger partial charge is 0.247 e. The van der Waals surface area contributed by atoms with Gasteiger partial charge in [-0.1, -0.05) is 23.7 Å². The van der Waals surface area contributed by atoms with Gasteiger partial charge in [-0.25, -0.2) is 4.98 Å². The van der Waals surface area contributed by atoms with Gasteiger partial charge in [0.05, 0.1) is 25.8 Å². The molecule has 0 aliphatic carbocycles. The first kappa shape index (κ1) is 20.6. The van der Waals surface area contributed by atoms with Crippen LogP contribution in [0.4, 0.5) is 0 Å². The maximum absolute atomic E-state index is 12.9. The largest absolute Gasteiger partial charge is 0.440 e. The molecule has 0 bridgehead atoms. The van der Waals surface area contributed by atoms with Crippen molar-refractivity contribution in [1.82, 2.24) is 19.7 Å². The fourth-order valence-electron chi connectivity index (χ4n) is 3.71. The molecule has 1 amide bonds. The second kappa shape index (κ2) is 9.02. The van der Waals surface area contributed by atoms with Gasteiger partial charge in [-0.3, -0.25) is 9.48 Å². The molecule has 0 saturated heterocycles. The number of hydrogen-bond donors (Lipinski definition) is 0. The van der Waals surface area contributed by atoms with Crippen LogP contribution in [0.1, 0.15) is 29.5 Å². The van der Waals surface area contributed by atoms with Crippen molar-refractivity contribution in [2.45, 2.75) is 39.8 Å². The van der Waals surface area contributed by atoms with Crippen molar-refractivity contribution < 1.29 is 13.9 Å². The van der Waals surface area contributed by atoms with E-state index in [1.807, 2.05) is 47.7 Å². The number of halogens is 1. The Morgan fingerprint density at radius 2 is 2.10 bits per heavy atom. The molecule has 0 spiro atoms. The van der Waals surface area contributed by atoms with Gasteiger partial charge in [-0.05, 0) is 31.5 Å². The summed E-state index contributed by atoms with van der Waals surface area (Å²) in [5.74, 6) is 1.31. The summed E-state index contributed by atoms with van der Waals surface area (Å²) in [7, 11) is 0. The zero-order valence-corrected chi connectivity index (χ0v) is 18.0. The van der Waals surface area contributed by atoms with Gasteiger partial charge in [-0.2, -0.15) is 5.10 Å². The number of fused-ring (bicyclic) bond motifs is 1. The van der Waals surface area contributed by atoms with Crippen LogP contribution < -0.4 is 0 Å². The minimum Gasteiger partial charge on any atom is -0.440 e. The lowest BCUT2D eigenvalue weighted by molar-refractivity contribution is -0.131. The summed E-state index contributed by atoms with van der Waals surface area (Å²) < 4.78 is 13.2. The van der Waals surface area contributed by atoms with Crippen LogP contribution >= 0.6 is 11.6 Å². The predicted molar refractivity (Wildman–Crippen MR) is 113 cm³/mol. The van der Waals surface area contributed by atoms with E-state index in [0.29, 0.717) is 55.9 Å². The first-order chi connectivity index (χ1) is 14.5. The highest BCUT2D eigenvalue weighted by Gasteiger charge is 2.29. The van der Waals surface area contributed by atoms with Gasteiger partial charge < -0.3 is 14.1 Å². The normalized spacial score (nSPS) is 13.5. The standard InChI is InChI=1S/C22H25ClN4O3/c1-3-29-11-10-27-19-8-9-26(20(28)12-16-4-6-17(23)7-5-16)14-18(19)21(25-27)22-24-13-15(2)30-22/h4-7,13H,3,8-12,14H2,1-2H3. The Morgan fingerprint density at radius 3 is 2.80 bits per heavy atom. The summed E-state index contributed by atoms with van der Waals surface area (Å²) in [6, 6.07) is 7.40. The average molecular weight is 429 g/mol. The molecule has 0 N–H and O–H groups in total. The fourth-order valence-corrected chi connectivity index (χ4v) is 3.83. The number of hydrogen-bond acceptors (Lipinski definition) is 5. The van der Waals surface area contributed by atoms with Crippen LogP contribution in [0.2, 0.25) is 5.02 Å². The van der Waals surface area contributed by atoms with Crippen molar-refractivity contribution in [3.63, 3.8) is 0 Å². The Morgan fingerprint density at radius 1 is 1.30 bits per heavy atom. The van der Waals surface area contributed by atoms with Crippen molar-refractivity contribution >= 4 is 17.5 Å². The van der Waals surface area contributed by atoms with E-state index in [-0.39, 0.29) is 5.91 Å². The van der Waals surface area contributed by atoms with Crippen molar-refractivity contribution in [2.75, 3.05) is 19.8 Å². The van der Waals surface area contributed by atoms with Gasteiger partial charge in [0.25, 0.3) is 0 Å². The molecule has 0 unspecified atom stereocenters. The number of carbonyl (C=O) groups is 1. The topological polar surface area (TPSA) is 73.4 Å². The summed E-state index contributed by atoms with van der Waals surface area (Å²) in [5.41, 5.74) is 3.78. The fraction of sp³-hybridized carbons (Fsp3) is 0.409. The summed E-state index contributed by atoms with van der Waals surface area (Å²) in [5, 5.41) is 5.43. The summed E-state index contributed by atoms with van der Waals surface area (Å²) in [6.45, 7) is 6.91. The molecule has 3 heterocycles. The Kier molecular flexibility index (Phi) is 6.20. The molecular weight excluding hydrogens is 404 g/mol. The van der Waals surface area contributed by atoms with Crippen LogP contribution in [0, 0.1) is 6.92 Å². The molecule has 7 nitrogen and oxygen atoms in total. The average Bonchev–Trinajstić information content (AvgIpc) is 3.33. The Bertz CT molecular complexity index is 1030. The first-order valence-corrected chi connectivity index (χ1v) is 10.5. The number of carbonyl (C=O) groups excluding carboxylic acids is 1. The second-order valence-corrected chi connectivity index (χ2v) is 7.77. The third-order valence-corrected chi connectivity index (χ3v) is 5.48. The molecule has 30 heavy (non-hydrogen) atoms. The molecule has 0 fully saturated rings. The number of rotatable bonds is 7. The molecule has 1 aliphatic heterocycles. The van der Waals surface area contributed by atoms with Gasteiger partial charge in [0.1, 0.15) is 5.76 Å². The molecule has 8 heteroatoms. The number of benzene rings is 1. The van der Waals surface area contributed by atoms with E-state index in [4.69, 9.17) is 25.9 Å². The molecule has 2 aromatic heterocycles. The zero-order valence-electron chi connectivity index (χ0n) is 17.2. The molecule has 0 saturated carbocycles. The van der Waals surface area contributed by atoms with Crippen LogP contribution in [0.15, 0.2) is 34.9 Å². The molecule has 3 aromatic rings. The quantitative estimate of drug-likeness (QED) is 0.537. The van der Waals surface area contributed by atoms with E-state index in [0.717, 1.165) is 29.0 Å². The number of aromatic nitrogens is 3. The highest BCUT2D eigenvalue weighted by Crippen LogP contribution is 2.30. The summed E-state index contributed by atoms with van der Waals surface area (Å²) in [4.78, 5) is 19.2. The monoisotopic (exact) mass is 428 g/mol. The van der Waals surface area contributed by atoms with Crippen molar-refractivity contribution in [3.05, 3.63) is 58.1 Å². The minimum atomic E-state index is 0.0829. The third-order valence-electron chi connectivity index (χ3n) is 5.23. The molecule has 0 radical (unpaired) electrons. The van der Waals surface area contributed by atoms with Crippen LogP contribution in [-0.2, 0) is 35.5 Å². The van der Waals surface area contributed by atoms with E-state index < -0.39 is 0 Å². The van der Waals surface area contributed by atoms with E-state index in [1.54, 1.807) is 6.20 Å². The van der Waals surface area contributed by atoms with E-state index in [2.05, 4.69) is 4.98 Å². The van der Waals surface area contributed by atoms with Crippen molar-refractivity contribution in [2.24, 2.45) is 0 Å². The maximum atomic E-state index is 12.9.